The van der Waals surface area contributed by atoms with Gasteiger partial charge < -0.3 is 5.11 Å². The van der Waals surface area contributed by atoms with Crippen LogP contribution in [0.15, 0.2) is 36.5 Å². The largest absolute Gasteiger partial charge is 0.395 e. The lowest BCUT2D eigenvalue weighted by Crippen LogP contribution is -2.32. The Bertz CT molecular complexity index is 488. The van der Waals surface area contributed by atoms with E-state index in [0.717, 1.165) is 17.8 Å². The first-order chi connectivity index (χ1) is 8.70. The summed E-state index contributed by atoms with van der Waals surface area (Å²) in [6, 6.07) is 10.3. The summed E-state index contributed by atoms with van der Waals surface area (Å²) in [7, 11) is 0. The van der Waals surface area contributed by atoms with Crippen molar-refractivity contribution < 1.29 is 5.11 Å². The Hall–Kier alpha value is -1.19. The molecule has 3 heteroatoms. The van der Waals surface area contributed by atoms with Crippen LogP contribution in [0.25, 0.3) is 0 Å². The number of aliphatic hydroxyl groups excluding tert-OH is 1. The molecule has 2 rings (SSSR count). The zero-order chi connectivity index (χ0) is 13.0. The zero-order valence-electron chi connectivity index (χ0n) is 10.9. The van der Waals surface area contributed by atoms with Crippen LogP contribution in [0.1, 0.15) is 28.8 Å². The highest BCUT2D eigenvalue weighted by Crippen LogP contribution is 2.33. The Morgan fingerprint density at radius 3 is 2.50 bits per heavy atom. The third-order valence-corrected chi connectivity index (χ3v) is 4.46. The highest BCUT2D eigenvalue weighted by atomic mass is 32.1. The second kappa shape index (κ2) is 5.63. The molecule has 0 fully saturated rings. The second-order valence-corrected chi connectivity index (χ2v) is 6.00. The van der Waals surface area contributed by atoms with Gasteiger partial charge in [0, 0.05) is 16.5 Å². The lowest BCUT2D eigenvalue weighted by molar-refractivity contribution is 0.187. The minimum absolute atomic E-state index is 0.171. The van der Waals surface area contributed by atoms with Crippen molar-refractivity contribution in [2.24, 2.45) is 0 Å². The van der Waals surface area contributed by atoms with Gasteiger partial charge in [-0.1, -0.05) is 37.3 Å². The number of benzene rings is 1. The predicted molar refractivity (Wildman–Crippen MR) is 76.1 cm³/mol. The molecule has 96 valence electrons. The molecule has 1 unspecified atom stereocenters. The summed E-state index contributed by atoms with van der Waals surface area (Å²) in [4.78, 5) is 5.54. The van der Waals surface area contributed by atoms with Gasteiger partial charge in [-0.2, -0.15) is 0 Å². The van der Waals surface area contributed by atoms with Gasteiger partial charge in [0.05, 0.1) is 11.6 Å². The van der Waals surface area contributed by atoms with Gasteiger partial charge in [0.15, 0.2) is 0 Å². The quantitative estimate of drug-likeness (QED) is 0.895. The van der Waals surface area contributed by atoms with Crippen molar-refractivity contribution >= 4 is 11.3 Å². The molecule has 1 heterocycles. The molecule has 2 aromatic rings. The summed E-state index contributed by atoms with van der Waals surface area (Å²) in [5, 5.41) is 11.0. The van der Waals surface area contributed by atoms with Crippen LogP contribution in [-0.2, 0) is 11.8 Å². The topological polar surface area (TPSA) is 33.1 Å². The third kappa shape index (κ3) is 2.62. The molecule has 0 aliphatic rings. The zero-order valence-corrected chi connectivity index (χ0v) is 11.7. The molecular weight excluding hydrogens is 242 g/mol. The van der Waals surface area contributed by atoms with Crippen LogP contribution in [0.3, 0.4) is 0 Å². The molecule has 1 aromatic carbocycles. The fourth-order valence-corrected chi connectivity index (χ4v) is 3.24. The smallest absolute Gasteiger partial charge is 0.0896 e. The van der Waals surface area contributed by atoms with E-state index in [9.17, 15) is 5.11 Å². The molecule has 0 radical (unpaired) electrons. The number of aryl methyl sites for hydroxylation is 1. The molecule has 0 amide bonds. The Morgan fingerprint density at radius 2 is 2.00 bits per heavy atom. The van der Waals surface area contributed by atoms with E-state index in [2.05, 4.69) is 24.0 Å². The van der Waals surface area contributed by atoms with Gasteiger partial charge in [0.25, 0.3) is 0 Å². The third-order valence-electron chi connectivity index (χ3n) is 3.55. The molecule has 1 aromatic heterocycles. The monoisotopic (exact) mass is 261 g/mol. The van der Waals surface area contributed by atoms with E-state index >= 15 is 0 Å². The van der Waals surface area contributed by atoms with Crippen LogP contribution in [0.4, 0.5) is 0 Å². The summed E-state index contributed by atoms with van der Waals surface area (Å²) < 4.78 is 0. The van der Waals surface area contributed by atoms with Gasteiger partial charge in [-0.05, 0) is 25.3 Å². The summed E-state index contributed by atoms with van der Waals surface area (Å²) in [5.41, 5.74) is 1.03. The van der Waals surface area contributed by atoms with E-state index in [1.54, 1.807) is 11.3 Å². The first kappa shape index (κ1) is 13.2. The Labute approximate surface area is 112 Å². The average molecular weight is 261 g/mol. The van der Waals surface area contributed by atoms with Gasteiger partial charge in [0.1, 0.15) is 0 Å². The maximum atomic E-state index is 9.88. The van der Waals surface area contributed by atoms with E-state index in [-0.39, 0.29) is 12.0 Å². The van der Waals surface area contributed by atoms with Crippen LogP contribution in [0.5, 0.6) is 0 Å². The molecule has 0 aliphatic carbocycles. The van der Waals surface area contributed by atoms with Gasteiger partial charge in [0.2, 0.25) is 0 Å². The number of aliphatic hydroxyl groups is 1. The molecular formula is C15H19NOS. The Balaban J connectivity index is 2.32. The predicted octanol–water partition coefficient (Wildman–Crippen LogP) is 3.33. The van der Waals surface area contributed by atoms with Crippen LogP contribution < -0.4 is 0 Å². The summed E-state index contributed by atoms with van der Waals surface area (Å²) in [5.74, 6) is 0. The number of rotatable bonds is 5. The maximum Gasteiger partial charge on any atom is 0.0896 e. The van der Waals surface area contributed by atoms with Crippen LogP contribution in [0, 0.1) is 6.92 Å². The molecule has 1 N–H and O–H groups in total. The SMILES string of the molecule is CCC(CO)(Cc1cnc(C)s1)c1ccccc1. The molecule has 0 spiro atoms. The van der Waals surface area contributed by atoms with Crippen LogP contribution in [-0.4, -0.2) is 16.7 Å². The minimum atomic E-state index is -0.180. The Morgan fingerprint density at radius 1 is 1.28 bits per heavy atom. The number of thiazole rings is 1. The van der Waals surface area contributed by atoms with Gasteiger partial charge in [-0.15, -0.1) is 11.3 Å². The van der Waals surface area contributed by atoms with Crippen LogP contribution >= 0.6 is 11.3 Å². The average Bonchev–Trinajstić information content (AvgIpc) is 2.82. The minimum Gasteiger partial charge on any atom is -0.395 e. The molecule has 2 nitrogen and oxygen atoms in total. The summed E-state index contributed by atoms with van der Waals surface area (Å²) in [6.07, 6.45) is 3.71. The fraction of sp³-hybridized carbons (Fsp3) is 0.400. The van der Waals surface area contributed by atoms with Crippen LogP contribution in [0.2, 0.25) is 0 Å². The number of nitrogens with zero attached hydrogens (tertiary/aromatic N) is 1. The Kier molecular flexibility index (Phi) is 4.15. The molecule has 0 saturated carbocycles. The van der Waals surface area contributed by atoms with E-state index in [4.69, 9.17) is 0 Å². The number of aromatic nitrogens is 1. The van der Waals surface area contributed by atoms with E-state index in [1.165, 1.54) is 10.4 Å². The normalized spacial score (nSPS) is 14.4. The van der Waals surface area contributed by atoms with E-state index < -0.39 is 0 Å². The van der Waals surface area contributed by atoms with Crippen molar-refractivity contribution in [1.29, 1.82) is 0 Å². The van der Waals surface area contributed by atoms with Crippen molar-refractivity contribution in [2.75, 3.05) is 6.61 Å². The molecule has 0 aliphatic heterocycles. The molecule has 0 bridgehead atoms. The van der Waals surface area contributed by atoms with E-state index in [1.807, 2.05) is 31.3 Å². The highest BCUT2D eigenvalue weighted by molar-refractivity contribution is 7.11. The van der Waals surface area contributed by atoms with Crippen molar-refractivity contribution in [3.8, 4) is 0 Å². The van der Waals surface area contributed by atoms with Crippen molar-refractivity contribution in [1.82, 2.24) is 4.98 Å². The molecule has 1 atom stereocenters. The first-order valence-corrected chi connectivity index (χ1v) is 7.09. The lowest BCUT2D eigenvalue weighted by atomic mass is 9.76. The lowest BCUT2D eigenvalue weighted by Gasteiger charge is -2.31. The first-order valence-electron chi connectivity index (χ1n) is 6.28. The summed E-state index contributed by atoms with van der Waals surface area (Å²) >= 11 is 1.72. The number of hydrogen-bond acceptors (Lipinski definition) is 3. The van der Waals surface area contributed by atoms with Gasteiger partial charge in [-0.25, -0.2) is 4.98 Å². The second-order valence-electron chi connectivity index (χ2n) is 4.68. The van der Waals surface area contributed by atoms with E-state index in [0.29, 0.717) is 0 Å². The molecule has 0 saturated heterocycles. The van der Waals surface area contributed by atoms with Crippen molar-refractivity contribution in [2.45, 2.75) is 32.1 Å². The fourth-order valence-electron chi connectivity index (χ4n) is 2.30. The molecule has 18 heavy (non-hydrogen) atoms. The maximum absolute atomic E-state index is 9.88. The van der Waals surface area contributed by atoms with Crippen molar-refractivity contribution in [3.63, 3.8) is 0 Å². The van der Waals surface area contributed by atoms with Crippen molar-refractivity contribution in [3.05, 3.63) is 52.0 Å². The standard InChI is InChI=1S/C15H19NOS/c1-3-15(11-17,13-7-5-4-6-8-13)9-14-10-16-12(2)18-14/h4-8,10,17H,3,9,11H2,1-2H3. The highest BCUT2D eigenvalue weighted by Gasteiger charge is 2.30. The number of hydrogen-bond donors (Lipinski definition) is 1. The van der Waals surface area contributed by atoms with Gasteiger partial charge in [-0.3, -0.25) is 0 Å². The summed E-state index contributed by atoms with van der Waals surface area (Å²) in [6.45, 7) is 4.32. The van der Waals surface area contributed by atoms with Gasteiger partial charge >= 0.3 is 0 Å².